The number of anilines is 2. The number of fused-ring (bicyclic) bond motifs is 1. The highest BCUT2D eigenvalue weighted by molar-refractivity contribution is 6.00. The summed E-state index contributed by atoms with van der Waals surface area (Å²) in [6.45, 7) is 3.15. The predicted molar refractivity (Wildman–Crippen MR) is 77.8 cm³/mol. The molecule has 0 amide bonds. The van der Waals surface area contributed by atoms with Gasteiger partial charge in [-0.15, -0.1) is 0 Å². The number of likely N-dealkylation sites (N-methyl/N-ethyl adjacent to an activating group) is 1. The third-order valence-electron chi connectivity index (χ3n) is 2.89. The Morgan fingerprint density at radius 2 is 2.06 bits per heavy atom. The van der Waals surface area contributed by atoms with Gasteiger partial charge in [0, 0.05) is 47.1 Å². The van der Waals surface area contributed by atoms with E-state index in [0.717, 1.165) is 28.7 Å². The number of aromatic nitrogens is 1. The number of nitrogens with two attached hydrogens (primary N) is 1. The van der Waals surface area contributed by atoms with Crippen molar-refractivity contribution in [3.8, 4) is 0 Å². The Hall–Kier alpha value is -1.81. The molecule has 0 aliphatic carbocycles. The minimum absolute atomic E-state index is 0.375. The first kappa shape index (κ1) is 12.6. The molecule has 0 fully saturated rings. The van der Waals surface area contributed by atoms with E-state index in [1.807, 2.05) is 24.4 Å². The van der Waals surface area contributed by atoms with E-state index in [9.17, 15) is 0 Å². The summed E-state index contributed by atoms with van der Waals surface area (Å²) in [4.78, 5) is 6.29. The Morgan fingerprint density at radius 3 is 2.78 bits per heavy atom. The second-order valence-corrected chi connectivity index (χ2v) is 4.93. The molecule has 1 unspecified atom stereocenters. The van der Waals surface area contributed by atoms with Crippen LogP contribution >= 0.6 is 0 Å². The number of nitrogen functional groups attached to an aromatic ring is 1. The van der Waals surface area contributed by atoms with Gasteiger partial charge in [0.1, 0.15) is 0 Å². The minimum atomic E-state index is 0.375. The Bertz CT molecular complexity index is 536. The highest BCUT2D eigenvalue weighted by atomic mass is 15.1. The molecule has 0 radical (unpaired) electrons. The average Bonchev–Trinajstić information content (AvgIpc) is 2.32. The Morgan fingerprint density at radius 1 is 1.28 bits per heavy atom. The molecular formula is C14H20N4. The van der Waals surface area contributed by atoms with Crippen LogP contribution in [0.1, 0.15) is 6.92 Å². The van der Waals surface area contributed by atoms with Crippen molar-refractivity contribution >= 4 is 22.1 Å². The summed E-state index contributed by atoms with van der Waals surface area (Å²) in [6.07, 6.45) is 3.61. The van der Waals surface area contributed by atoms with Gasteiger partial charge in [0.05, 0.1) is 0 Å². The van der Waals surface area contributed by atoms with Crippen LogP contribution in [0.5, 0.6) is 0 Å². The van der Waals surface area contributed by atoms with Crippen molar-refractivity contribution < 1.29 is 0 Å². The molecule has 2 rings (SSSR count). The largest absolute Gasteiger partial charge is 0.398 e. The third-order valence-corrected chi connectivity index (χ3v) is 2.89. The van der Waals surface area contributed by atoms with Crippen LogP contribution in [0.15, 0.2) is 30.6 Å². The molecule has 96 valence electrons. The standard InChI is InChI=1S/C14H20N4/c1-10(9-18(2)3)17-14-5-4-13(15)12-8-16-7-6-11(12)14/h4-8,10,17H,9,15H2,1-3H3. The summed E-state index contributed by atoms with van der Waals surface area (Å²) >= 11 is 0. The molecule has 1 heterocycles. The van der Waals surface area contributed by atoms with Crippen molar-refractivity contribution in [1.82, 2.24) is 9.88 Å². The lowest BCUT2D eigenvalue weighted by Crippen LogP contribution is -2.29. The zero-order valence-electron chi connectivity index (χ0n) is 11.1. The predicted octanol–water partition coefficient (Wildman–Crippen LogP) is 2.18. The van der Waals surface area contributed by atoms with Gasteiger partial charge in [0.25, 0.3) is 0 Å². The Labute approximate surface area is 108 Å². The lowest BCUT2D eigenvalue weighted by Gasteiger charge is -2.20. The van der Waals surface area contributed by atoms with E-state index in [0.29, 0.717) is 6.04 Å². The van der Waals surface area contributed by atoms with Crippen molar-refractivity contribution in [2.45, 2.75) is 13.0 Å². The van der Waals surface area contributed by atoms with E-state index in [-0.39, 0.29) is 0 Å². The number of nitrogens with one attached hydrogen (secondary N) is 1. The van der Waals surface area contributed by atoms with E-state index in [1.54, 1.807) is 6.20 Å². The van der Waals surface area contributed by atoms with Crippen LogP contribution in [-0.4, -0.2) is 36.6 Å². The summed E-state index contributed by atoms with van der Waals surface area (Å²) in [5.41, 5.74) is 7.84. The first-order valence-electron chi connectivity index (χ1n) is 6.11. The van der Waals surface area contributed by atoms with Gasteiger partial charge in [0.2, 0.25) is 0 Å². The van der Waals surface area contributed by atoms with Gasteiger partial charge in [-0.3, -0.25) is 4.98 Å². The second kappa shape index (κ2) is 5.23. The van der Waals surface area contributed by atoms with E-state index in [2.05, 4.69) is 36.2 Å². The minimum Gasteiger partial charge on any atom is -0.398 e. The maximum absolute atomic E-state index is 5.96. The molecule has 0 saturated carbocycles. The highest BCUT2D eigenvalue weighted by Crippen LogP contribution is 2.27. The van der Waals surface area contributed by atoms with Gasteiger partial charge in [0.15, 0.2) is 0 Å². The van der Waals surface area contributed by atoms with Crippen molar-refractivity contribution in [2.75, 3.05) is 31.7 Å². The first-order valence-corrected chi connectivity index (χ1v) is 6.11. The van der Waals surface area contributed by atoms with Crippen LogP contribution in [0.2, 0.25) is 0 Å². The van der Waals surface area contributed by atoms with Crippen molar-refractivity contribution in [3.05, 3.63) is 30.6 Å². The summed E-state index contributed by atoms with van der Waals surface area (Å²) in [5.74, 6) is 0. The van der Waals surface area contributed by atoms with Gasteiger partial charge in [-0.25, -0.2) is 0 Å². The molecule has 4 nitrogen and oxygen atoms in total. The molecule has 1 aromatic carbocycles. The Balaban J connectivity index is 2.31. The smallest absolute Gasteiger partial charge is 0.0425 e. The second-order valence-electron chi connectivity index (χ2n) is 4.93. The molecule has 0 bridgehead atoms. The normalized spacial score (nSPS) is 12.9. The number of rotatable bonds is 4. The molecule has 2 aromatic rings. The number of nitrogens with zero attached hydrogens (tertiary/aromatic N) is 2. The molecular weight excluding hydrogens is 224 g/mol. The topological polar surface area (TPSA) is 54.2 Å². The van der Waals surface area contributed by atoms with Crippen LogP contribution in [0.3, 0.4) is 0 Å². The van der Waals surface area contributed by atoms with E-state index in [1.165, 1.54) is 0 Å². The van der Waals surface area contributed by atoms with E-state index < -0.39 is 0 Å². The van der Waals surface area contributed by atoms with Crippen molar-refractivity contribution in [3.63, 3.8) is 0 Å². The fourth-order valence-corrected chi connectivity index (χ4v) is 2.20. The van der Waals surface area contributed by atoms with Crippen LogP contribution in [0.25, 0.3) is 10.8 Å². The first-order chi connectivity index (χ1) is 8.58. The zero-order chi connectivity index (χ0) is 13.1. The monoisotopic (exact) mass is 244 g/mol. The lowest BCUT2D eigenvalue weighted by atomic mass is 10.1. The lowest BCUT2D eigenvalue weighted by molar-refractivity contribution is 0.392. The third kappa shape index (κ3) is 2.71. The SMILES string of the molecule is CC(CN(C)C)Nc1ccc(N)c2cnccc12. The summed E-state index contributed by atoms with van der Waals surface area (Å²) < 4.78 is 0. The van der Waals surface area contributed by atoms with Crippen LogP contribution in [-0.2, 0) is 0 Å². The molecule has 0 aliphatic rings. The molecule has 18 heavy (non-hydrogen) atoms. The Kier molecular flexibility index (Phi) is 3.67. The fourth-order valence-electron chi connectivity index (χ4n) is 2.20. The number of benzene rings is 1. The van der Waals surface area contributed by atoms with E-state index >= 15 is 0 Å². The summed E-state index contributed by atoms with van der Waals surface area (Å²) in [7, 11) is 4.15. The van der Waals surface area contributed by atoms with Crippen LogP contribution in [0.4, 0.5) is 11.4 Å². The van der Waals surface area contributed by atoms with Gasteiger partial charge in [-0.1, -0.05) is 0 Å². The van der Waals surface area contributed by atoms with Gasteiger partial charge in [-0.05, 0) is 39.2 Å². The van der Waals surface area contributed by atoms with Gasteiger partial charge < -0.3 is 16.0 Å². The number of hydrogen-bond donors (Lipinski definition) is 2. The van der Waals surface area contributed by atoms with Gasteiger partial charge >= 0.3 is 0 Å². The fraction of sp³-hybridized carbons (Fsp3) is 0.357. The summed E-state index contributed by atoms with van der Waals surface area (Å²) in [5, 5.41) is 5.64. The molecule has 4 heteroatoms. The maximum Gasteiger partial charge on any atom is 0.0425 e. The quantitative estimate of drug-likeness (QED) is 0.809. The number of hydrogen-bond acceptors (Lipinski definition) is 4. The van der Waals surface area contributed by atoms with Crippen molar-refractivity contribution in [1.29, 1.82) is 0 Å². The van der Waals surface area contributed by atoms with Crippen LogP contribution in [0, 0.1) is 0 Å². The number of pyridine rings is 1. The van der Waals surface area contributed by atoms with E-state index in [4.69, 9.17) is 5.73 Å². The maximum atomic E-state index is 5.96. The van der Waals surface area contributed by atoms with Crippen LogP contribution < -0.4 is 11.1 Å². The molecule has 0 aliphatic heterocycles. The molecule has 1 aromatic heterocycles. The summed E-state index contributed by atoms with van der Waals surface area (Å²) in [6, 6.07) is 6.33. The average molecular weight is 244 g/mol. The van der Waals surface area contributed by atoms with Gasteiger partial charge in [-0.2, -0.15) is 0 Å². The highest BCUT2D eigenvalue weighted by Gasteiger charge is 2.07. The molecule has 1 atom stereocenters. The molecule has 3 N–H and O–H groups in total. The zero-order valence-corrected chi connectivity index (χ0v) is 11.1. The van der Waals surface area contributed by atoms with Crippen molar-refractivity contribution in [2.24, 2.45) is 0 Å². The molecule has 0 spiro atoms. The molecule has 0 saturated heterocycles.